The van der Waals surface area contributed by atoms with Gasteiger partial charge < -0.3 is 53.7 Å². The van der Waals surface area contributed by atoms with Crippen molar-refractivity contribution in [3.8, 4) is 0 Å². The van der Waals surface area contributed by atoms with E-state index in [0.29, 0.717) is 13.1 Å². The van der Waals surface area contributed by atoms with Gasteiger partial charge in [0.05, 0.1) is 5.92 Å². The van der Waals surface area contributed by atoms with Crippen molar-refractivity contribution in [2.24, 2.45) is 17.3 Å². The summed E-state index contributed by atoms with van der Waals surface area (Å²) in [7, 11) is 0. The molecule has 0 radical (unpaired) electrons. The normalized spacial score (nSPS) is 22.5. The van der Waals surface area contributed by atoms with Crippen molar-refractivity contribution in [1.29, 1.82) is 10.8 Å². The minimum absolute atomic E-state index is 0.0743. The van der Waals surface area contributed by atoms with E-state index in [0.717, 1.165) is 89.2 Å². The van der Waals surface area contributed by atoms with Gasteiger partial charge in [-0.05, 0) is 101 Å². The lowest BCUT2D eigenvalue weighted by Crippen LogP contribution is -2.63. The summed E-state index contributed by atoms with van der Waals surface area (Å²) in [4.78, 5) is 77.9. The van der Waals surface area contributed by atoms with Crippen LogP contribution >= 0.6 is 0 Å². The van der Waals surface area contributed by atoms with Gasteiger partial charge in [0.15, 0.2) is 18.1 Å². The quantitative estimate of drug-likeness (QED) is 0.0754. The lowest BCUT2D eigenvalue weighted by atomic mass is 9.72. The predicted octanol–water partition coefficient (Wildman–Crippen LogP) is 5.54. The highest BCUT2D eigenvalue weighted by Crippen LogP contribution is 2.40. The molecule has 4 rings (SSSR count). The molecular formula is C48H71N5O13. The van der Waals surface area contributed by atoms with E-state index in [1.807, 2.05) is 37.8 Å². The molecule has 0 bridgehead atoms. The number of carbonyl (C=O) groups excluding carboxylic acids is 6. The van der Waals surface area contributed by atoms with E-state index in [2.05, 4.69) is 28.4 Å². The van der Waals surface area contributed by atoms with Crippen LogP contribution in [0.1, 0.15) is 111 Å². The van der Waals surface area contributed by atoms with Crippen molar-refractivity contribution >= 4 is 53.6 Å². The van der Waals surface area contributed by atoms with E-state index in [9.17, 15) is 34.2 Å². The Morgan fingerprint density at radius 2 is 1.52 bits per heavy atom. The number of nitrogens with zero attached hydrogens (tertiary/aromatic N) is 2. The van der Waals surface area contributed by atoms with Crippen molar-refractivity contribution in [3.05, 3.63) is 41.0 Å². The molecule has 0 aromatic heterocycles. The molecule has 18 nitrogen and oxygen atoms in total. The van der Waals surface area contributed by atoms with Crippen LogP contribution in [0.2, 0.25) is 0 Å². The third kappa shape index (κ3) is 16.2. The van der Waals surface area contributed by atoms with Gasteiger partial charge in [-0.25, -0.2) is 4.79 Å². The Kier molecular flexibility index (Phi) is 19.3. The van der Waals surface area contributed by atoms with Gasteiger partial charge in [-0.15, -0.1) is 0 Å². The molecular weight excluding hydrogens is 855 g/mol. The SMILES string of the molecule is CC(=O)OC[C@H]1O[C@@H](OC(=N)C(Cc2ccc(C=CCCN3CCCC4(CCN(C(=O)CNC(=O)OC(C)(C)C)CC4)C3)cc2C)C(=N)C(C)C)[C@H](OC(C)=O)[C@@H](OC(C)=O)[C@@H]1OC(C)=O. The highest BCUT2D eigenvalue weighted by atomic mass is 16.7. The van der Waals surface area contributed by atoms with Crippen LogP contribution < -0.4 is 5.32 Å². The monoisotopic (exact) mass is 926 g/mol. The number of benzene rings is 1. The van der Waals surface area contributed by atoms with Gasteiger partial charge in [0.2, 0.25) is 18.3 Å². The number of rotatable bonds is 17. The maximum absolute atomic E-state index is 12.8. The van der Waals surface area contributed by atoms with Gasteiger partial charge in [0, 0.05) is 59.6 Å². The Morgan fingerprint density at radius 1 is 0.879 bits per heavy atom. The van der Waals surface area contributed by atoms with E-state index in [1.54, 1.807) is 20.8 Å². The van der Waals surface area contributed by atoms with Gasteiger partial charge in [-0.1, -0.05) is 44.2 Å². The van der Waals surface area contributed by atoms with Crippen LogP contribution in [-0.4, -0.2) is 139 Å². The van der Waals surface area contributed by atoms with Crippen LogP contribution in [-0.2, 0) is 63.6 Å². The van der Waals surface area contributed by atoms with Crippen LogP contribution in [0.3, 0.4) is 0 Å². The second-order valence-electron chi connectivity index (χ2n) is 18.9. The molecule has 1 aromatic rings. The van der Waals surface area contributed by atoms with Crippen LogP contribution in [0.5, 0.6) is 0 Å². The minimum Gasteiger partial charge on any atom is -0.463 e. The fourth-order valence-electron chi connectivity index (χ4n) is 8.70. The number of amides is 2. The molecule has 3 aliphatic rings. The number of aryl methyl sites for hydroxylation is 1. The maximum Gasteiger partial charge on any atom is 0.408 e. The van der Waals surface area contributed by atoms with Crippen molar-refractivity contribution in [3.63, 3.8) is 0 Å². The number of alkyl carbamates (subject to hydrolysis) is 1. The number of hydrogen-bond acceptors (Lipinski definition) is 16. The molecule has 3 saturated heterocycles. The molecule has 366 valence electrons. The fourth-order valence-corrected chi connectivity index (χ4v) is 8.70. The predicted molar refractivity (Wildman–Crippen MR) is 244 cm³/mol. The smallest absolute Gasteiger partial charge is 0.408 e. The van der Waals surface area contributed by atoms with E-state index in [4.69, 9.17) is 38.6 Å². The van der Waals surface area contributed by atoms with Crippen molar-refractivity contribution in [2.75, 3.05) is 45.9 Å². The highest BCUT2D eigenvalue weighted by Gasteiger charge is 2.54. The topological polar surface area (TPSA) is 233 Å². The summed E-state index contributed by atoms with van der Waals surface area (Å²) in [6.07, 6.45) is 1.68. The summed E-state index contributed by atoms with van der Waals surface area (Å²) >= 11 is 0. The molecule has 3 N–H and O–H groups in total. The first-order valence-electron chi connectivity index (χ1n) is 22.8. The Labute approximate surface area is 388 Å². The number of nitrogens with one attached hydrogen (secondary N) is 3. The highest BCUT2D eigenvalue weighted by molar-refractivity contribution is 6.02. The van der Waals surface area contributed by atoms with E-state index >= 15 is 0 Å². The number of piperidine rings is 2. The number of ether oxygens (including phenoxy) is 7. The van der Waals surface area contributed by atoms with Crippen LogP contribution in [0.25, 0.3) is 6.08 Å². The first kappa shape index (κ1) is 53.3. The lowest BCUT2D eigenvalue weighted by Gasteiger charge is -2.47. The standard InChI is InChI=1S/C48H71N5O13/c1-29(2)40(49)37(44(50)65-45-43(63-34(7)57)42(62-33(6)56)41(61-32(5)55)38(64-45)27-60-31(4)54)25-36-16-15-35(24-30(36)3)14-11-12-20-52-21-13-17-48(28-52)18-22-53(23-19-48)39(58)26-51-46(59)66-47(8,9)10/h11,14-16,24,29,37-38,41-43,45,49-50H,12-13,17-23,25-28H2,1-10H3,(H,51,59)/t37?,38-,41-,42+,43-,45+/m1/s1. The van der Waals surface area contributed by atoms with Crippen molar-refractivity contribution < 1.29 is 61.9 Å². The summed E-state index contributed by atoms with van der Waals surface area (Å²) in [5, 5.41) is 20.8. The van der Waals surface area contributed by atoms with Gasteiger partial charge in [-0.2, -0.15) is 0 Å². The number of likely N-dealkylation sites (tertiary alicyclic amines) is 2. The van der Waals surface area contributed by atoms with Crippen LogP contribution in [0, 0.1) is 35.0 Å². The Morgan fingerprint density at radius 3 is 2.11 bits per heavy atom. The fraction of sp³-hybridized carbons (Fsp3) is 0.667. The zero-order chi connectivity index (χ0) is 48.9. The zero-order valence-electron chi connectivity index (χ0n) is 40.3. The molecule has 1 unspecified atom stereocenters. The molecule has 3 fully saturated rings. The van der Waals surface area contributed by atoms with Gasteiger partial charge in [-0.3, -0.25) is 29.4 Å². The first-order chi connectivity index (χ1) is 31.0. The molecule has 6 atom stereocenters. The molecule has 66 heavy (non-hydrogen) atoms. The lowest BCUT2D eigenvalue weighted by molar-refractivity contribution is -0.292. The molecule has 18 heteroatoms. The largest absolute Gasteiger partial charge is 0.463 e. The van der Waals surface area contributed by atoms with Gasteiger partial charge in [0.1, 0.15) is 24.9 Å². The third-order valence-electron chi connectivity index (χ3n) is 11.9. The van der Waals surface area contributed by atoms with E-state index in [1.165, 1.54) is 6.92 Å². The zero-order valence-corrected chi connectivity index (χ0v) is 40.3. The number of hydrogen-bond donors (Lipinski definition) is 3. The molecule has 0 saturated carbocycles. The minimum atomic E-state index is -1.59. The molecule has 1 spiro atoms. The van der Waals surface area contributed by atoms with Crippen molar-refractivity contribution in [2.45, 2.75) is 144 Å². The summed E-state index contributed by atoms with van der Waals surface area (Å²) in [6.45, 7) is 19.3. The summed E-state index contributed by atoms with van der Waals surface area (Å²) in [6, 6.07) is 6.02. The van der Waals surface area contributed by atoms with E-state index < -0.39 is 78.8 Å². The third-order valence-corrected chi connectivity index (χ3v) is 11.9. The average Bonchev–Trinajstić information content (AvgIpc) is 3.21. The maximum atomic E-state index is 12.8. The van der Waals surface area contributed by atoms with E-state index in [-0.39, 0.29) is 41.8 Å². The molecule has 2 amide bonds. The Bertz CT molecular complexity index is 1950. The van der Waals surface area contributed by atoms with Gasteiger partial charge >= 0.3 is 30.0 Å². The first-order valence-corrected chi connectivity index (χ1v) is 22.8. The summed E-state index contributed by atoms with van der Waals surface area (Å²) < 4.78 is 39.1. The molecule has 3 aliphatic heterocycles. The van der Waals surface area contributed by atoms with Gasteiger partial charge in [0.25, 0.3) is 0 Å². The number of esters is 4. The second-order valence-corrected chi connectivity index (χ2v) is 18.9. The van der Waals surface area contributed by atoms with Crippen LogP contribution in [0.15, 0.2) is 24.3 Å². The van der Waals surface area contributed by atoms with Crippen LogP contribution in [0.4, 0.5) is 4.79 Å². The molecule has 0 aliphatic carbocycles. The number of carbonyl (C=O) groups is 6. The average molecular weight is 926 g/mol. The molecule has 1 aromatic carbocycles. The summed E-state index contributed by atoms with van der Waals surface area (Å²) in [5.74, 6) is -4.64. The summed E-state index contributed by atoms with van der Waals surface area (Å²) in [5.41, 5.74) is 2.59. The second kappa shape index (κ2) is 23.9. The Hall–Kier alpha value is -5.36. The van der Waals surface area contributed by atoms with Crippen molar-refractivity contribution in [1.82, 2.24) is 15.1 Å². The molecule has 3 heterocycles. The Balaban J connectivity index is 1.39.